The zero-order chi connectivity index (χ0) is 43.8. The molecule has 0 saturated carbocycles. The fourth-order valence-corrected chi connectivity index (χ4v) is 8.51. The number of nitrogens with zero attached hydrogens (tertiary/aromatic N) is 2. The molecule has 324 valence electrons. The summed E-state index contributed by atoms with van der Waals surface area (Å²) in [4.78, 5) is 91.2. The second kappa shape index (κ2) is 19.5. The summed E-state index contributed by atoms with van der Waals surface area (Å²) >= 11 is 0. The molecule has 3 heterocycles. The predicted octanol–water partition coefficient (Wildman–Crippen LogP) is 2.55. The van der Waals surface area contributed by atoms with Crippen molar-refractivity contribution in [3.8, 4) is 11.1 Å². The lowest BCUT2D eigenvalue weighted by Crippen LogP contribution is -2.58. The van der Waals surface area contributed by atoms with Gasteiger partial charge >= 0.3 is 12.1 Å². The minimum Gasteiger partial charge on any atom is -0.480 e. The van der Waals surface area contributed by atoms with E-state index in [2.05, 4.69) is 31.2 Å². The standard InChI is InChI=1S/C45H51N9O8/c46-44(47)48-21-9-19-34-39(55)51-36(43(59)60)18-8-7-17-35(53-45(61)62-25-32-30-14-3-1-12-28(30)29-13-2-4-15-31(29)32)42(58)54-22-10-20-38(54)41(57)52-37(40(56)50-34)23-26-24-49-33-16-6-5-11-27(26)33/h1-8,11-16,24,32,34-38,49H,9-10,17-23,25H2,(H,50,56)(H,51,55)(H,52,57)(H,53,61)(H,59,60)(H4,46,47,48)/b8-7-/t34-,35-,36-,37-,38?/m0/s1. The smallest absolute Gasteiger partial charge is 0.407 e. The molecule has 3 aliphatic rings. The molecule has 17 heteroatoms. The first-order valence-electron chi connectivity index (χ1n) is 20.8. The van der Waals surface area contributed by atoms with Crippen LogP contribution in [0, 0.1) is 0 Å². The highest BCUT2D eigenvalue weighted by atomic mass is 16.5. The van der Waals surface area contributed by atoms with E-state index in [1.54, 1.807) is 12.3 Å². The fraction of sp³-hybridized carbons (Fsp3) is 0.356. The lowest BCUT2D eigenvalue weighted by molar-refractivity contribution is -0.142. The van der Waals surface area contributed by atoms with Crippen LogP contribution in [0.2, 0.25) is 0 Å². The van der Waals surface area contributed by atoms with Crippen LogP contribution < -0.4 is 32.7 Å². The minimum absolute atomic E-state index is 0.000505. The third-order valence-electron chi connectivity index (χ3n) is 11.6. The Morgan fingerprint density at radius 3 is 2.23 bits per heavy atom. The number of ether oxygens (including phenoxy) is 1. The Morgan fingerprint density at radius 1 is 0.839 bits per heavy atom. The number of hydrogen-bond donors (Lipinski definition) is 8. The summed E-state index contributed by atoms with van der Waals surface area (Å²) in [6.07, 6.45) is 4.75. The van der Waals surface area contributed by atoms with Gasteiger partial charge in [-0.15, -0.1) is 0 Å². The van der Waals surface area contributed by atoms with Crippen LogP contribution >= 0.6 is 0 Å². The van der Waals surface area contributed by atoms with Crippen LogP contribution in [0.5, 0.6) is 0 Å². The Balaban J connectivity index is 1.15. The third-order valence-corrected chi connectivity index (χ3v) is 11.6. The van der Waals surface area contributed by atoms with Gasteiger partial charge in [-0.05, 0) is 72.4 Å². The van der Waals surface area contributed by atoms with Crippen molar-refractivity contribution in [3.05, 3.63) is 108 Å². The van der Waals surface area contributed by atoms with Crippen LogP contribution in [-0.2, 0) is 35.1 Å². The lowest BCUT2D eigenvalue weighted by atomic mass is 9.98. The summed E-state index contributed by atoms with van der Waals surface area (Å²) in [5, 5.41) is 21.8. The zero-order valence-electron chi connectivity index (χ0n) is 34.0. The van der Waals surface area contributed by atoms with Crippen LogP contribution in [0.3, 0.4) is 0 Å². The molecule has 1 aromatic heterocycles. The average Bonchev–Trinajstić information content (AvgIpc) is 4.00. The summed E-state index contributed by atoms with van der Waals surface area (Å²) in [6, 6.07) is 17.2. The van der Waals surface area contributed by atoms with Gasteiger partial charge in [-0.25, -0.2) is 9.59 Å². The molecule has 1 unspecified atom stereocenters. The van der Waals surface area contributed by atoms with E-state index in [4.69, 9.17) is 16.2 Å². The highest BCUT2D eigenvalue weighted by molar-refractivity contribution is 5.97. The van der Waals surface area contributed by atoms with Crippen molar-refractivity contribution < 1.29 is 38.6 Å². The molecule has 4 aromatic rings. The Hall–Kier alpha value is -7.17. The number of carboxylic acid groups (broad SMARTS) is 1. The van der Waals surface area contributed by atoms with Gasteiger partial charge in [0.2, 0.25) is 23.6 Å². The van der Waals surface area contributed by atoms with Crippen molar-refractivity contribution in [3.63, 3.8) is 0 Å². The van der Waals surface area contributed by atoms with Crippen LogP contribution in [-0.4, -0.2) is 107 Å². The Labute approximate surface area is 357 Å². The Kier molecular flexibility index (Phi) is 13.5. The number of carbonyl (C=O) groups excluding carboxylic acids is 5. The molecule has 1 saturated heterocycles. The van der Waals surface area contributed by atoms with Gasteiger partial charge < -0.3 is 52.5 Å². The molecule has 0 radical (unpaired) electrons. The number of nitrogens with one attached hydrogen (secondary N) is 5. The van der Waals surface area contributed by atoms with Crippen molar-refractivity contribution in [1.82, 2.24) is 31.2 Å². The number of hydrogen-bond acceptors (Lipinski definition) is 8. The SMILES string of the molecule is NC(N)=NCCC[C@@H]1NC(=O)[C@H](Cc2c[nH]c3ccccc23)NC(=O)C2CCCN2C(=O)[C@@H](NC(=O)OCC2c3ccccc3-c3ccccc32)C/C=C\C[C@@H](C(=O)O)NC1=O. The minimum atomic E-state index is -1.42. The number of guanidine groups is 1. The molecule has 0 bridgehead atoms. The molecule has 62 heavy (non-hydrogen) atoms. The fourth-order valence-electron chi connectivity index (χ4n) is 8.51. The van der Waals surface area contributed by atoms with Gasteiger partial charge in [0.05, 0.1) is 0 Å². The van der Waals surface area contributed by atoms with E-state index in [1.807, 2.05) is 72.8 Å². The van der Waals surface area contributed by atoms with Gasteiger partial charge in [-0.1, -0.05) is 78.9 Å². The molecule has 1 aliphatic carbocycles. The molecule has 0 spiro atoms. The second-order valence-corrected chi connectivity index (χ2v) is 15.7. The van der Waals surface area contributed by atoms with Crippen molar-refractivity contribution in [1.29, 1.82) is 0 Å². The molecule has 7 rings (SSSR count). The number of carboxylic acids is 1. The highest BCUT2D eigenvalue weighted by Gasteiger charge is 2.40. The number of H-pyrrole nitrogens is 1. The first-order valence-corrected chi connectivity index (χ1v) is 20.8. The number of fused-ring (bicyclic) bond motifs is 5. The van der Waals surface area contributed by atoms with Gasteiger partial charge in [0, 0.05) is 42.5 Å². The number of alkyl carbamates (subject to hydrolysis) is 1. The number of para-hydroxylation sites is 1. The summed E-state index contributed by atoms with van der Waals surface area (Å²) in [5.74, 6) is -4.32. The molecule has 5 amide bonds. The number of nitrogens with two attached hydrogens (primary N) is 2. The van der Waals surface area contributed by atoms with E-state index in [-0.39, 0.29) is 63.7 Å². The average molecular weight is 846 g/mol. The summed E-state index contributed by atoms with van der Waals surface area (Å²) < 4.78 is 5.78. The maximum atomic E-state index is 14.4. The Bertz CT molecular complexity index is 2350. The van der Waals surface area contributed by atoms with Crippen molar-refractivity contribution in [2.75, 3.05) is 19.7 Å². The number of amides is 5. The third kappa shape index (κ3) is 9.88. The van der Waals surface area contributed by atoms with Crippen LogP contribution in [0.4, 0.5) is 4.79 Å². The van der Waals surface area contributed by atoms with E-state index in [0.29, 0.717) is 18.4 Å². The summed E-state index contributed by atoms with van der Waals surface area (Å²) in [7, 11) is 0. The number of aliphatic carboxylic acids is 1. The normalized spacial score (nSPS) is 22.6. The maximum Gasteiger partial charge on any atom is 0.407 e. The second-order valence-electron chi connectivity index (χ2n) is 15.7. The number of benzene rings is 3. The van der Waals surface area contributed by atoms with Crippen LogP contribution in [0.25, 0.3) is 22.0 Å². The molecular formula is C45H51N9O8. The van der Waals surface area contributed by atoms with E-state index >= 15 is 0 Å². The molecule has 2 aliphatic heterocycles. The number of aromatic nitrogens is 1. The highest BCUT2D eigenvalue weighted by Crippen LogP contribution is 2.44. The van der Waals surface area contributed by atoms with Gasteiger partial charge in [0.15, 0.2) is 5.96 Å². The maximum absolute atomic E-state index is 14.4. The van der Waals surface area contributed by atoms with Crippen molar-refractivity contribution >= 4 is 52.6 Å². The van der Waals surface area contributed by atoms with E-state index in [0.717, 1.165) is 33.2 Å². The quantitative estimate of drug-likeness (QED) is 0.0501. The Morgan fingerprint density at radius 2 is 1.50 bits per heavy atom. The number of carbonyl (C=O) groups is 6. The monoisotopic (exact) mass is 845 g/mol. The lowest BCUT2D eigenvalue weighted by Gasteiger charge is -2.30. The van der Waals surface area contributed by atoms with Gasteiger partial charge in [0.25, 0.3) is 0 Å². The largest absolute Gasteiger partial charge is 0.480 e. The van der Waals surface area contributed by atoms with Gasteiger partial charge in [-0.2, -0.15) is 0 Å². The first-order chi connectivity index (χ1) is 30.0. The van der Waals surface area contributed by atoms with E-state index in [1.165, 1.54) is 11.0 Å². The van der Waals surface area contributed by atoms with Crippen LogP contribution in [0.15, 0.2) is 96.1 Å². The van der Waals surface area contributed by atoms with E-state index in [9.17, 15) is 33.9 Å². The molecule has 17 nitrogen and oxygen atoms in total. The van der Waals surface area contributed by atoms with Crippen LogP contribution in [0.1, 0.15) is 61.1 Å². The molecule has 1 fully saturated rings. The molecule has 3 aromatic carbocycles. The molecular weight excluding hydrogens is 795 g/mol. The molecule has 10 N–H and O–H groups in total. The number of rotatable bonds is 10. The van der Waals surface area contributed by atoms with Crippen molar-refractivity contribution in [2.24, 2.45) is 16.5 Å². The van der Waals surface area contributed by atoms with E-state index < -0.39 is 65.9 Å². The first kappa shape index (κ1) is 42.9. The number of aliphatic imine (C=N–C) groups is 1. The summed E-state index contributed by atoms with van der Waals surface area (Å²) in [5.41, 5.74) is 16.6. The van der Waals surface area contributed by atoms with Gasteiger partial charge in [0.1, 0.15) is 36.8 Å². The van der Waals surface area contributed by atoms with Crippen molar-refractivity contribution in [2.45, 2.75) is 81.1 Å². The molecule has 5 atom stereocenters. The topological polar surface area (TPSA) is 263 Å². The number of aromatic amines is 1. The zero-order valence-corrected chi connectivity index (χ0v) is 34.0. The van der Waals surface area contributed by atoms with Gasteiger partial charge in [-0.3, -0.25) is 24.2 Å². The predicted molar refractivity (Wildman–Crippen MR) is 230 cm³/mol. The summed E-state index contributed by atoms with van der Waals surface area (Å²) in [6.45, 7) is 0.347.